The molecular formula is C25H32FNO4. The van der Waals surface area contributed by atoms with E-state index in [-0.39, 0.29) is 31.4 Å². The fourth-order valence-electron chi connectivity index (χ4n) is 4.22. The largest absolute Gasteiger partial charge is 0.396 e. The predicted octanol–water partition coefficient (Wildman–Crippen LogP) is 3.50. The van der Waals surface area contributed by atoms with Crippen LogP contribution in [0.1, 0.15) is 42.7 Å². The van der Waals surface area contributed by atoms with Gasteiger partial charge in [-0.15, -0.1) is 0 Å². The van der Waals surface area contributed by atoms with Crippen molar-refractivity contribution in [2.24, 2.45) is 5.92 Å². The molecule has 1 aliphatic heterocycles. The van der Waals surface area contributed by atoms with E-state index in [0.29, 0.717) is 25.3 Å². The minimum absolute atomic E-state index is 0.0726. The van der Waals surface area contributed by atoms with Crippen molar-refractivity contribution in [2.45, 2.75) is 44.3 Å². The number of likely N-dealkylation sites (tertiary alicyclic amines) is 1. The molecule has 3 atom stereocenters. The number of carbonyl (C=O) groups excluding carboxylic acids is 1. The summed E-state index contributed by atoms with van der Waals surface area (Å²) < 4.78 is 19.5. The van der Waals surface area contributed by atoms with Gasteiger partial charge in [-0.2, -0.15) is 0 Å². The van der Waals surface area contributed by atoms with E-state index in [1.165, 1.54) is 12.1 Å². The first-order valence-corrected chi connectivity index (χ1v) is 11.0. The Hall–Kier alpha value is -2.28. The number of aliphatic hydroxyl groups excluding tert-OH is 2. The number of benzene rings is 2. The molecule has 1 heterocycles. The molecule has 31 heavy (non-hydrogen) atoms. The third kappa shape index (κ3) is 6.60. The quantitative estimate of drug-likeness (QED) is 0.607. The SMILES string of the molecule is O=C(C(c1ccc(F)cc1)C(COCc1ccccc1)C(O)CCO)N1CCCCC1. The van der Waals surface area contributed by atoms with Crippen molar-refractivity contribution in [2.75, 3.05) is 26.3 Å². The molecule has 2 aromatic carbocycles. The van der Waals surface area contributed by atoms with Crippen LogP contribution in [-0.4, -0.2) is 53.4 Å². The average Bonchev–Trinajstić information content (AvgIpc) is 2.80. The molecule has 2 aromatic rings. The first-order chi connectivity index (χ1) is 15.1. The highest BCUT2D eigenvalue weighted by molar-refractivity contribution is 5.84. The first kappa shape index (κ1) is 23.4. The monoisotopic (exact) mass is 429 g/mol. The number of hydrogen-bond acceptors (Lipinski definition) is 4. The Morgan fingerprint density at radius 3 is 2.35 bits per heavy atom. The maximum Gasteiger partial charge on any atom is 0.230 e. The summed E-state index contributed by atoms with van der Waals surface area (Å²) >= 11 is 0. The van der Waals surface area contributed by atoms with E-state index in [9.17, 15) is 19.4 Å². The summed E-state index contributed by atoms with van der Waals surface area (Å²) in [6.07, 6.45) is 2.23. The van der Waals surface area contributed by atoms with Gasteiger partial charge in [0.25, 0.3) is 0 Å². The second-order valence-electron chi connectivity index (χ2n) is 8.16. The van der Waals surface area contributed by atoms with Crippen LogP contribution in [0.3, 0.4) is 0 Å². The molecule has 0 aromatic heterocycles. The summed E-state index contributed by atoms with van der Waals surface area (Å²) in [5, 5.41) is 20.3. The van der Waals surface area contributed by atoms with Crippen LogP contribution < -0.4 is 0 Å². The van der Waals surface area contributed by atoms with E-state index in [2.05, 4.69) is 0 Å². The van der Waals surface area contributed by atoms with Gasteiger partial charge in [0.15, 0.2) is 0 Å². The van der Waals surface area contributed by atoms with E-state index in [1.807, 2.05) is 35.2 Å². The highest BCUT2D eigenvalue weighted by Crippen LogP contribution is 2.32. The Balaban J connectivity index is 1.85. The van der Waals surface area contributed by atoms with Crippen molar-refractivity contribution >= 4 is 5.91 Å². The molecule has 1 saturated heterocycles. The summed E-state index contributed by atoms with van der Waals surface area (Å²) in [7, 11) is 0. The lowest BCUT2D eigenvalue weighted by Crippen LogP contribution is -2.44. The number of hydrogen-bond donors (Lipinski definition) is 2. The van der Waals surface area contributed by atoms with Gasteiger partial charge in [0.1, 0.15) is 5.82 Å². The van der Waals surface area contributed by atoms with Crippen molar-refractivity contribution in [3.63, 3.8) is 0 Å². The summed E-state index contributed by atoms with van der Waals surface area (Å²) in [5.41, 5.74) is 1.65. The molecule has 3 unspecified atom stereocenters. The summed E-state index contributed by atoms with van der Waals surface area (Å²) in [6.45, 7) is 1.69. The predicted molar refractivity (Wildman–Crippen MR) is 117 cm³/mol. The number of carbonyl (C=O) groups is 1. The zero-order valence-electron chi connectivity index (χ0n) is 17.8. The number of ether oxygens (including phenoxy) is 1. The van der Waals surface area contributed by atoms with Crippen LogP contribution in [0.15, 0.2) is 54.6 Å². The molecule has 6 heteroatoms. The summed E-state index contributed by atoms with van der Waals surface area (Å²) in [5.74, 6) is -1.68. The molecule has 3 rings (SSSR count). The normalized spacial score (nSPS) is 17.2. The second kappa shape index (κ2) is 11.9. The van der Waals surface area contributed by atoms with E-state index >= 15 is 0 Å². The molecule has 1 aliphatic rings. The van der Waals surface area contributed by atoms with Crippen LogP contribution >= 0.6 is 0 Å². The lowest BCUT2D eigenvalue weighted by molar-refractivity contribution is -0.138. The molecule has 2 N–H and O–H groups in total. The Morgan fingerprint density at radius 2 is 1.71 bits per heavy atom. The lowest BCUT2D eigenvalue weighted by Gasteiger charge is -2.36. The minimum atomic E-state index is -0.926. The van der Waals surface area contributed by atoms with Crippen LogP contribution in [-0.2, 0) is 16.1 Å². The van der Waals surface area contributed by atoms with Crippen molar-refractivity contribution in [3.05, 3.63) is 71.5 Å². The smallest absolute Gasteiger partial charge is 0.230 e. The van der Waals surface area contributed by atoms with Crippen LogP contribution in [0.2, 0.25) is 0 Å². The van der Waals surface area contributed by atoms with Crippen LogP contribution in [0, 0.1) is 11.7 Å². The van der Waals surface area contributed by atoms with Crippen molar-refractivity contribution in [1.29, 1.82) is 0 Å². The lowest BCUT2D eigenvalue weighted by atomic mass is 9.80. The molecule has 5 nitrogen and oxygen atoms in total. The zero-order chi connectivity index (χ0) is 22.1. The van der Waals surface area contributed by atoms with Gasteiger partial charge in [-0.25, -0.2) is 4.39 Å². The average molecular weight is 430 g/mol. The summed E-state index contributed by atoms with van der Waals surface area (Å²) in [6, 6.07) is 15.6. The summed E-state index contributed by atoms with van der Waals surface area (Å²) in [4.78, 5) is 15.4. The standard InChI is InChI=1S/C25H32FNO4/c26-21-11-9-20(10-12-21)24(25(30)27-14-5-2-6-15-27)22(23(29)13-16-28)18-31-17-19-7-3-1-4-8-19/h1,3-4,7-12,22-24,28-29H,2,5-6,13-18H2. The molecule has 0 aliphatic carbocycles. The van der Waals surface area contributed by atoms with Crippen molar-refractivity contribution in [3.8, 4) is 0 Å². The first-order valence-electron chi connectivity index (χ1n) is 11.0. The second-order valence-corrected chi connectivity index (χ2v) is 8.16. The van der Waals surface area contributed by atoms with E-state index in [0.717, 1.165) is 24.8 Å². The number of halogens is 1. The maximum atomic E-state index is 13.6. The van der Waals surface area contributed by atoms with Gasteiger partial charge in [-0.3, -0.25) is 4.79 Å². The van der Waals surface area contributed by atoms with Gasteiger partial charge in [0, 0.05) is 25.6 Å². The van der Waals surface area contributed by atoms with E-state index in [4.69, 9.17) is 4.74 Å². The maximum absolute atomic E-state index is 13.6. The molecule has 168 valence electrons. The highest BCUT2D eigenvalue weighted by atomic mass is 19.1. The molecule has 0 spiro atoms. The Labute approximate surface area is 183 Å². The van der Waals surface area contributed by atoms with E-state index < -0.39 is 17.9 Å². The third-order valence-corrected chi connectivity index (χ3v) is 5.93. The van der Waals surface area contributed by atoms with E-state index in [1.54, 1.807) is 12.1 Å². The molecule has 1 fully saturated rings. The zero-order valence-corrected chi connectivity index (χ0v) is 17.8. The van der Waals surface area contributed by atoms with Crippen molar-refractivity contribution in [1.82, 2.24) is 4.90 Å². The molecule has 0 bridgehead atoms. The Bertz CT molecular complexity index is 793. The molecular weight excluding hydrogens is 397 g/mol. The number of aliphatic hydroxyl groups is 2. The fourth-order valence-corrected chi connectivity index (χ4v) is 4.22. The Kier molecular flexibility index (Phi) is 9.00. The minimum Gasteiger partial charge on any atom is -0.396 e. The molecule has 0 saturated carbocycles. The molecule has 1 amide bonds. The number of amides is 1. The molecule has 0 radical (unpaired) electrons. The van der Waals surface area contributed by atoms with Gasteiger partial charge in [-0.05, 0) is 48.9 Å². The van der Waals surface area contributed by atoms with Gasteiger partial charge < -0.3 is 19.8 Å². The van der Waals surface area contributed by atoms with Gasteiger partial charge in [0.2, 0.25) is 5.91 Å². The number of rotatable bonds is 10. The third-order valence-electron chi connectivity index (χ3n) is 5.93. The van der Waals surface area contributed by atoms with Gasteiger partial charge in [-0.1, -0.05) is 42.5 Å². The van der Waals surface area contributed by atoms with Gasteiger partial charge >= 0.3 is 0 Å². The van der Waals surface area contributed by atoms with Crippen LogP contribution in [0.25, 0.3) is 0 Å². The fraction of sp³-hybridized carbons (Fsp3) is 0.480. The van der Waals surface area contributed by atoms with Crippen LogP contribution in [0.4, 0.5) is 4.39 Å². The Morgan fingerprint density at radius 1 is 1.03 bits per heavy atom. The topological polar surface area (TPSA) is 70.0 Å². The number of nitrogens with zero attached hydrogens (tertiary/aromatic N) is 1. The number of piperidine rings is 1. The van der Waals surface area contributed by atoms with Crippen LogP contribution in [0.5, 0.6) is 0 Å². The van der Waals surface area contributed by atoms with Gasteiger partial charge in [0.05, 0.1) is 25.2 Å². The highest BCUT2D eigenvalue weighted by Gasteiger charge is 2.37. The van der Waals surface area contributed by atoms with Crippen molar-refractivity contribution < 1.29 is 24.1 Å².